The van der Waals surface area contributed by atoms with Crippen LogP contribution >= 0.6 is 0 Å². The molecular formula is C14H12F3N3O6. The number of H-pyrrole nitrogens is 1. The summed E-state index contributed by atoms with van der Waals surface area (Å²) in [4.78, 5) is 29.7. The van der Waals surface area contributed by atoms with Crippen molar-refractivity contribution in [2.75, 3.05) is 6.61 Å². The smallest absolute Gasteiger partial charge is 0.431 e. The number of hydrogen-bond donors (Lipinski definition) is 4. The van der Waals surface area contributed by atoms with Gasteiger partial charge in [0, 0.05) is 11.8 Å². The topological polar surface area (TPSA) is 138 Å². The minimum atomic E-state index is -4.84. The summed E-state index contributed by atoms with van der Waals surface area (Å²) < 4.78 is 44.6. The highest BCUT2D eigenvalue weighted by Gasteiger charge is 2.38. The van der Waals surface area contributed by atoms with Gasteiger partial charge in [-0.25, -0.2) is 4.79 Å². The fourth-order valence-electron chi connectivity index (χ4n) is 2.62. The molecule has 9 nitrogen and oxygen atoms in total. The molecule has 3 rings (SSSR count). The minimum absolute atomic E-state index is 0.345. The number of fused-ring (bicyclic) bond motifs is 1. The van der Waals surface area contributed by atoms with E-state index in [0.29, 0.717) is 4.57 Å². The molecule has 0 saturated carbocycles. The van der Waals surface area contributed by atoms with Gasteiger partial charge in [0.25, 0.3) is 0 Å². The third-order valence-electron chi connectivity index (χ3n) is 3.96. The van der Waals surface area contributed by atoms with Gasteiger partial charge in [-0.1, -0.05) is 0 Å². The Labute approximate surface area is 141 Å². The maximum absolute atomic E-state index is 13.0. The van der Waals surface area contributed by atoms with Crippen molar-refractivity contribution in [1.29, 1.82) is 0 Å². The Bertz CT molecular complexity index is 1040. The lowest BCUT2D eigenvalue weighted by molar-refractivity contribution is -0.141. The van der Waals surface area contributed by atoms with E-state index in [1.807, 2.05) is 4.98 Å². The Morgan fingerprint density at radius 2 is 2.04 bits per heavy atom. The molecule has 1 aliphatic rings. The normalized spacial score (nSPS) is 20.7. The highest BCUT2D eigenvalue weighted by molar-refractivity contribution is 5.74. The first-order valence-electron chi connectivity index (χ1n) is 7.16. The van der Waals surface area contributed by atoms with Gasteiger partial charge in [-0.2, -0.15) is 18.2 Å². The van der Waals surface area contributed by atoms with Crippen LogP contribution in [0.2, 0.25) is 0 Å². The van der Waals surface area contributed by atoms with Gasteiger partial charge in [-0.15, -0.1) is 0 Å². The zero-order valence-corrected chi connectivity index (χ0v) is 13.0. The van der Waals surface area contributed by atoms with Gasteiger partial charge in [0.1, 0.15) is 17.9 Å². The molecule has 140 valence electrons. The number of halogens is 3. The molecule has 1 aliphatic heterocycles. The second kappa shape index (κ2) is 5.85. The number of aromatic amines is 1. The van der Waals surface area contributed by atoms with Crippen molar-refractivity contribution in [3.8, 4) is 0 Å². The quantitative estimate of drug-likeness (QED) is 0.582. The molecule has 0 bridgehead atoms. The number of alkyl halides is 3. The fourth-order valence-corrected chi connectivity index (χ4v) is 2.62. The molecule has 0 radical (unpaired) electrons. The SMILES string of the molecule is Cc1c(C(F)(F)F)[nH]c2nc(=O)n([C@@H]3OC(CO)=C(O)C3O)cc2c1=O. The second-order valence-electron chi connectivity index (χ2n) is 5.56. The van der Waals surface area contributed by atoms with Crippen LogP contribution in [0, 0.1) is 6.92 Å². The van der Waals surface area contributed by atoms with E-state index < -0.39 is 58.9 Å². The summed E-state index contributed by atoms with van der Waals surface area (Å²) in [5.41, 5.74) is -4.68. The summed E-state index contributed by atoms with van der Waals surface area (Å²) >= 11 is 0. The van der Waals surface area contributed by atoms with E-state index in [1.165, 1.54) is 0 Å². The molecule has 0 aliphatic carbocycles. The summed E-state index contributed by atoms with van der Waals surface area (Å²) in [5, 5.41) is 28.2. The van der Waals surface area contributed by atoms with E-state index in [0.717, 1.165) is 13.1 Å². The predicted octanol–water partition coefficient (Wildman–Crippen LogP) is 0.0636. The molecule has 0 fully saturated rings. The summed E-state index contributed by atoms with van der Waals surface area (Å²) in [6, 6.07) is 0. The number of hydrogen-bond acceptors (Lipinski definition) is 7. The zero-order chi connectivity index (χ0) is 19.4. The molecule has 4 N–H and O–H groups in total. The van der Waals surface area contributed by atoms with Crippen molar-refractivity contribution >= 4 is 11.0 Å². The number of aromatic nitrogens is 3. The third kappa shape index (κ3) is 2.63. The zero-order valence-electron chi connectivity index (χ0n) is 13.0. The minimum Gasteiger partial charge on any atom is -0.506 e. The molecule has 0 spiro atoms. The molecule has 2 aromatic rings. The number of rotatable bonds is 2. The molecule has 0 aromatic carbocycles. The first kappa shape index (κ1) is 17.9. The Kier molecular flexibility index (Phi) is 4.04. The number of aliphatic hydroxyl groups excluding tert-OH is 3. The van der Waals surface area contributed by atoms with Crippen LogP contribution in [0.4, 0.5) is 13.2 Å². The molecule has 3 heterocycles. The van der Waals surface area contributed by atoms with E-state index in [-0.39, 0.29) is 11.1 Å². The summed E-state index contributed by atoms with van der Waals surface area (Å²) in [6.45, 7) is 0.207. The average Bonchev–Trinajstić information content (AvgIpc) is 2.84. The first-order valence-corrected chi connectivity index (χ1v) is 7.16. The molecule has 26 heavy (non-hydrogen) atoms. The van der Waals surface area contributed by atoms with Crippen molar-refractivity contribution in [3.05, 3.63) is 49.7 Å². The largest absolute Gasteiger partial charge is 0.506 e. The first-order chi connectivity index (χ1) is 12.1. The van der Waals surface area contributed by atoms with Crippen molar-refractivity contribution in [3.63, 3.8) is 0 Å². The van der Waals surface area contributed by atoms with Crippen LogP contribution in [-0.4, -0.2) is 42.6 Å². The van der Waals surface area contributed by atoms with Crippen LogP contribution in [0.25, 0.3) is 11.0 Å². The number of ether oxygens (including phenoxy) is 1. The van der Waals surface area contributed by atoms with Crippen LogP contribution in [0.15, 0.2) is 27.3 Å². The van der Waals surface area contributed by atoms with E-state index in [1.54, 1.807) is 0 Å². The monoisotopic (exact) mass is 375 g/mol. The molecule has 2 aromatic heterocycles. The molecule has 0 amide bonds. The van der Waals surface area contributed by atoms with Gasteiger partial charge in [-0.3, -0.25) is 9.36 Å². The Morgan fingerprint density at radius 3 is 2.58 bits per heavy atom. The summed E-state index contributed by atoms with van der Waals surface area (Å²) in [6.07, 6.45) is -7.24. The molecular weight excluding hydrogens is 363 g/mol. The average molecular weight is 375 g/mol. The summed E-state index contributed by atoms with van der Waals surface area (Å²) in [7, 11) is 0. The summed E-state index contributed by atoms with van der Waals surface area (Å²) in [5.74, 6) is -1.09. The van der Waals surface area contributed by atoms with Gasteiger partial charge < -0.3 is 25.0 Å². The molecule has 2 atom stereocenters. The lowest BCUT2D eigenvalue weighted by atomic mass is 10.1. The maximum Gasteiger partial charge on any atom is 0.431 e. The highest BCUT2D eigenvalue weighted by atomic mass is 19.4. The second-order valence-corrected chi connectivity index (χ2v) is 5.56. The van der Waals surface area contributed by atoms with Gasteiger partial charge in [0.15, 0.2) is 23.1 Å². The number of pyridine rings is 1. The van der Waals surface area contributed by atoms with E-state index in [2.05, 4.69) is 4.98 Å². The van der Waals surface area contributed by atoms with Gasteiger partial charge >= 0.3 is 11.9 Å². The number of aliphatic hydroxyl groups is 3. The van der Waals surface area contributed by atoms with Crippen LogP contribution in [0.3, 0.4) is 0 Å². The fraction of sp³-hybridized carbons (Fsp3) is 0.357. The Hall–Kier alpha value is -2.86. The van der Waals surface area contributed by atoms with Crippen LogP contribution in [0.5, 0.6) is 0 Å². The standard InChI is InChI=1S/C14H12F3N3O6/c1-4-7(22)5-2-20(12-9(24)8(23)6(3-21)26-12)13(25)19-11(5)18-10(4)14(15,16)17/h2,9,12,21,23-24H,3H2,1H3,(H,18,19,25)/t9?,12-/m1/s1. The van der Waals surface area contributed by atoms with Crippen molar-refractivity contribution < 1.29 is 33.2 Å². The van der Waals surface area contributed by atoms with E-state index >= 15 is 0 Å². The van der Waals surface area contributed by atoms with Crippen molar-refractivity contribution in [2.45, 2.75) is 25.4 Å². The molecule has 0 saturated heterocycles. The maximum atomic E-state index is 13.0. The van der Waals surface area contributed by atoms with Gasteiger partial charge in [0.2, 0.25) is 6.23 Å². The van der Waals surface area contributed by atoms with Crippen molar-refractivity contribution in [1.82, 2.24) is 14.5 Å². The van der Waals surface area contributed by atoms with Gasteiger partial charge in [0.05, 0.1) is 5.39 Å². The third-order valence-corrected chi connectivity index (χ3v) is 3.96. The van der Waals surface area contributed by atoms with Crippen molar-refractivity contribution in [2.24, 2.45) is 0 Å². The predicted molar refractivity (Wildman–Crippen MR) is 79.2 cm³/mol. The Balaban J connectivity index is 2.20. The highest BCUT2D eigenvalue weighted by Crippen LogP contribution is 2.31. The lowest BCUT2D eigenvalue weighted by Crippen LogP contribution is -2.34. The van der Waals surface area contributed by atoms with Gasteiger partial charge in [-0.05, 0) is 6.92 Å². The Morgan fingerprint density at radius 1 is 1.38 bits per heavy atom. The number of nitrogens with zero attached hydrogens (tertiary/aromatic N) is 2. The van der Waals surface area contributed by atoms with Crippen LogP contribution < -0.4 is 11.1 Å². The van der Waals surface area contributed by atoms with E-state index in [4.69, 9.17) is 9.84 Å². The molecule has 1 unspecified atom stereocenters. The molecule has 12 heteroatoms. The van der Waals surface area contributed by atoms with Crippen LogP contribution in [0.1, 0.15) is 17.5 Å². The van der Waals surface area contributed by atoms with Crippen LogP contribution in [-0.2, 0) is 10.9 Å². The van der Waals surface area contributed by atoms with E-state index in [9.17, 15) is 33.0 Å². The number of nitrogens with one attached hydrogen (secondary N) is 1. The lowest BCUT2D eigenvalue weighted by Gasteiger charge is -2.18.